The molecule has 8 atom stereocenters. The number of hydrogen-bond acceptors (Lipinski definition) is 12. The van der Waals surface area contributed by atoms with Gasteiger partial charge < -0.3 is 49.7 Å². The maximum atomic E-state index is 6.43. The van der Waals surface area contributed by atoms with Gasteiger partial charge in [-0.1, -0.05) is 0 Å². The molecule has 0 aromatic heterocycles. The van der Waals surface area contributed by atoms with E-state index in [9.17, 15) is 0 Å². The lowest BCUT2D eigenvalue weighted by molar-refractivity contribution is 0.0105. The molecule has 0 radical (unpaired) electrons. The molecular formula is C9H28O12Si8. The van der Waals surface area contributed by atoms with Crippen molar-refractivity contribution >= 4 is 70.9 Å². The van der Waals surface area contributed by atoms with Crippen LogP contribution in [0.2, 0.25) is 52.4 Å². The maximum absolute atomic E-state index is 6.43. The van der Waals surface area contributed by atoms with Gasteiger partial charge in [-0.25, -0.2) is 0 Å². The van der Waals surface area contributed by atoms with Gasteiger partial charge in [0.2, 0.25) is 0 Å². The first-order chi connectivity index (χ1) is 13.0. The van der Waals surface area contributed by atoms with Crippen LogP contribution in [0, 0.1) is 0 Å². The minimum absolute atomic E-state index is 1.51. The Morgan fingerprint density at radius 2 is 0.759 bits per heavy atom. The smallest absolute Gasteiger partial charge is 0.397 e. The molecule has 0 aliphatic carbocycles. The van der Waals surface area contributed by atoms with Crippen molar-refractivity contribution in [3.63, 3.8) is 0 Å². The van der Waals surface area contributed by atoms with E-state index < -0.39 is 70.9 Å². The van der Waals surface area contributed by atoms with Crippen molar-refractivity contribution in [1.82, 2.24) is 0 Å². The summed E-state index contributed by atoms with van der Waals surface area (Å²) < 4.78 is 75.9. The summed E-state index contributed by atoms with van der Waals surface area (Å²) in [5.74, 6) is 0. The summed E-state index contributed by atoms with van der Waals surface area (Å²) in [6.07, 6.45) is 0. The molecule has 0 aromatic rings. The van der Waals surface area contributed by atoms with E-state index in [-0.39, 0.29) is 0 Å². The van der Waals surface area contributed by atoms with Crippen LogP contribution in [-0.4, -0.2) is 78.0 Å². The lowest BCUT2D eigenvalue weighted by Gasteiger charge is -2.56. The Labute approximate surface area is 179 Å². The average molecular weight is 553 g/mol. The lowest BCUT2D eigenvalue weighted by Crippen LogP contribution is -2.81. The van der Waals surface area contributed by atoms with Gasteiger partial charge in [0.1, 0.15) is 0 Å². The highest BCUT2D eigenvalue weighted by atomic mass is 28.6. The second-order valence-electron chi connectivity index (χ2n) is 7.96. The molecule has 0 saturated carbocycles. The molecule has 0 spiro atoms. The summed E-state index contributed by atoms with van der Waals surface area (Å²) >= 11 is 0. The third-order valence-corrected chi connectivity index (χ3v) is 38.0. The first-order valence-electron chi connectivity index (χ1n) is 9.24. The van der Waals surface area contributed by atoms with E-state index in [0.717, 1.165) is 0 Å². The Bertz CT molecular complexity index is 654. The topological polar surface area (TPSA) is 111 Å². The third kappa shape index (κ3) is 4.66. The molecule has 0 N–H and O–H groups in total. The van der Waals surface area contributed by atoms with Gasteiger partial charge in [0.15, 0.2) is 0 Å². The minimum Gasteiger partial charge on any atom is -0.397 e. The van der Waals surface area contributed by atoms with Gasteiger partial charge >= 0.3 is 70.9 Å². The third-order valence-electron chi connectivity index (χ3n) is 4.47. The Kier molecular flexibility index (Phi) is 5.56. The standard InChI is InChI=1S/C9H28O12Si8/c1-10-23(3)13-26(6)15-24(4)11-22(2)12-25(5)16-27(7,14-23)20-29(9,19-26)21-28(8,17-24)18-25/h22H,1-9H3/t22?,23?,24?,25?,26-,27?,28?,29?/m1/s1. The summed E-state index contributed by atoms with van der Waals surface area (Å²) in [6.45, 7) is 14.2. The zero-order valence-electron chi connectivity index (χ0n) is 18.0. The molecule has 0 amide bonds. The van der Waals surface area contributed by atoms with E-state index in [1.165, 1.54) is 7.11 Å². The van der Waals surface area contributed by atoms with Crippen LogP contribution in [0.15, 0.2) is 0 Å². The molecule has 12 nitrogen and oxygen atoms in total. The molecule has 4 fully saturated rings. The van der Waals surface area contributed by atoms with E-state index in [1.807, 2.05) is 6.55 Å². The summed E-state index contributed by atoms with van der Waals surface area (Å²) in [4.78, 5) is 0. The van der Waals surface area contributed by atoms with Crippen molar-refractivity contribution in [1.29, 1.82) is 0 Å². The second-order valence-corrected chi connectivity index (χ2v) is 30.8. The van der Waals surface area contributed by atoms with E-state index in [2.05, 4.69) is 0 Å². The van der Waals surface area contributed by atoms with Crippen LogP contribution < -0.4 is 0 Å². The van der Waals surface area contributed by atoms with Crippen molar-refractivity contribution in [2.75, 3.05) is 7.11 Å². The van der Waals surface area contributed by atoms with E-state index in [1.54, 1.807) is 45.8 Å². The van der Waals surface area contributed by atoms with Crippen molar-refractivity contribution in [2.24, 2.45) is 0 Å². The molecular weight excluding hydrogens is 525 g/mol. The quantitative estimate of drug-likeness (QED) is 0.427. The van der Waals surface area contributed by atoms with Crippen LogP contribution in [0.4, 0.5) is 0 Å². The van der Waals surface area contributed by atoms with Gasteiger partial charge in [-0.05, 0) is 6.55 Å². The fraction of sp³-hybridized carbons (Fsp3) is 1.00. The van der Waals surface area contributed by atoms with Crippen LogP contribution >= 0.6 is 0 Å². The molecule has 7 unspecified atom stereocenters. The Hall–Kier alpha value is 1.26. The van der Waals surface area contributed by atoms with Crippen LogP contribution in [-0.2, 0) is 49.7 Å². The molecule has 6 bridgehead atoms. The summed E-state index contributed by atoms with van der Waals surface area (Å²) in [6, 6.07) is 0. The van der Waals surface area contributed by atoms with Gasteiger partial charge in [-0.3, -0.25) is 0 Å². The summed E-state index contributed by atoms with van der Waals surface area (Å²) in [5.41, 5.74) is 0. The molecule has 29 heavy (non-hydrogen) atoms. The van der Waals surface area contributed by atoms with Gasteiger partial charge in [-0.2, -0.15) is 0 Å². The highest BCUT2D eigenvalue weighted by Gasteiger charge is 2.73. The van der Waals surface area contributed by atoms with Crippen LogP contribution in [0.1, 0.15) is 0 Å². The Morgan fingerprint density at radius 3 is 1.07 bits per heavy atom. The van der Waals surface area contributed by atoms with Crippen LogP contribution in [0.5, 0.6) is 0 Å². The van der Waals surface area contributed by atoms with Crippen molar-refractivity contribution in [2.45, 2.75) is 52.4 Å². The molecule has 4 heterocycles. The molecule has 4 rings (SSSR count). The van der Waals surface area contributed by atoms with Gasteiger partial charge in [0.25, 0.3) is 0 Å². The zero-order chi connectivity index (χ0) is 21.6. The Balaban J connectivity index is 1.93. The maximum Gasteiger partial charge on any atom is 0.482 e. The summed E-state index contributed by atoms with van der Waals surface area (Å²) in [7, 11) is -24.4. The van der Waals surface area contributed by atoms with Gasteiger partial charge in [-0.15, -0.1) is 0 Å². The number of rotatable bonds is 1. The molecule has 4 aliphatic heterocycles. The number of hydrogen-bond donors (Lipinski definition) is 0. The second kappa shape index (κ2) is 6.88. The predicted octanol–water partition coefficient (Wildman–Crippen LogP) is 0.701. The molecule has 4 saturated heterocycles. The Morgan fingerprint density at radius 1 is 0.483 bits per heavy atom. The molecule has 4 aliphatic rings. The monoisotopic (exact) mass is 552 g/mol. The average Bonchev–Trinajstić information content (AvgIpc) is 2.36. The first-order valence-corrected chi connectivity index (χ1v) is 26.9. The highest BCUT2D eigenvalue weighted by molar-refractivity contribution is 6.98. The molecule has 0 aromatic carbocycles. The largest absolute Gasteiger partial charge is 0.482 e. The van der Waals surface area contributed by atoms with Gasteiger partial charge in [0, 0.05) is 52.9 Å². The van der Waals surface area contributed by atoms with E-state index >= 15 is 0 Å². The molecule has 20 heteroatoms. The predicted molar refractivity (Wildman–Crippen MR) is 113 cm³/mol. The number of fused-ring (bicyclic) bond motifs is 4. The van der Waals surface area contributed by atoms with Gasteiger partial charge in [0.05, 0.1) is 0 Å². The van der Waals surface area contributed by atoms with Crippen LogP contribution in [0.25, 0.3) is 0 Å². The van der Waals surface area contributed by atoms with Crippen molar-refractivity contribution < 1.29 is 49.7 Å². The minimum atomic E-state index is -3.45. The first kappa shape index (κ1) is 23.4. The fourth-order valence-electron chi connectivity index (χ4n) is 4.15. The normalized spacial score (nSPS) is 60.5. The highest BCUT2D eigenvalue weighted by Crippen LogP contribution is 2.43. The lowest BCUT2D eigenvalue weighted by atomic mass is 11.8. The summed E-state index contributed by atoms with van der Waals surface area (Å²) in [5, 5.41) is 0. The molecule has 168 valence electrons. The fourth-order valence-corrected chi connectivity index (χ4v) is 45.1. The van der Waals surface area contributed by atoms with E-state index in [4.69, 9.17) is 49.7 Å². The van der Waals surface area contributed by atoms with E-state index in [0.29, 0.717) is 0 Å². The van der Waals surface area contributed by atoms with Crippen molar-refractivity contribution in [3.8, 4) is 0 Å². The SMILES string of the molecule is CO[Si]1(C)O[Si]2(C)O[Si]3(C)O[SiH](C)O[Si]4(C)O[Si](C)(O3)O[Si](C)(O2)O[Si@](C)(O1)O4. The zero-order valence-corrected chi connectivity index (χ0v) is 26.1. The van der Waals surface area contributed by atoms with Crippen molar-refractivity contribution in [3.05, 3.63) is 0 Å². The van der Waals surface area contributed by atoms with Crippen LogP contribution in [0.3, 0.4) is 0 Å².